The molecule has 7 nitrogen and oxygen atoms in total. The summed E-state index contributed by atoms with van der Waals surface area (Å²) < 4.78 is 0. The molecule has 4 rings (SSSR count). The number of hydrogen-bond donors (Lipinski definition) is 4. The van der Waals surface area contributed by atoms with Crippen molar-refractivity contribution < 1.29 is 19.8 Å². The number of phenols is 1. The van der Waals surface area contributed by atoms with Gasteiger partial charge in [-0.2, -0.15) is 5.10 Å². The van der Waals surface area contributed by atoms with E-state index in [4.69, 9.17) is 0 Å². The Bertz CT molecular complexity index is 1360. The van der Waals surface area contributed by atoms with Crippen molar-refractivity contribution in [2.45, 2.75) is 20.8 Å². The number of para-hydroxylation sites is 1. The summed E-state index contributed by atoms with van der Waals surface area (Å²) in [6.45, 7) is 5.74. The molecule has 0 atom stereocenters. The van der Waals surface area contributed by atoms with Gasteiger partial charge in [-0.1, -0.05) is 36.4 Å². The minimum absolute atomic E-state index is 0.0602. The maximum Gasteiger partial charge on any atom is 0.335 e. The molecule has 0 saturated heterocycles. The van der Waals surface area contributed by atoms with Gasteiger partial charge < -0.3 is 15.5 Å². The molecular formula is C26H23N3O4. The Morgan fingerprint density at radius 2 is 1.70 bits per heavy atom. The second-order valence-corrected chi connectivity index (χ2v) is 7.90. The summed E-state index contributed by atoms with van der Waals surface area (Å²) in [5.74, 6) is -1.44. The molecule has 0 unspecified atom stereocenters. The lowest BCUT2D eigenvalue weighted by molar-refractivity contribution is -0.116. The highest BCUT2D eigenvalue weighted by Gasteiger charge is 2.25. The van der Waals surface area contributed by atoms with E-state index < -0.39 is 5.97 Å². The molecule has 1 amide bonds. The maximum absolute atomic E-state index is 12.6. The minimum Gasteiger partial charge on any atom is -0.505 e. The number of hydrogen-bond acceptors (Lipinski definition) is 5. The SMILES string of the molecule is CC1=NNC(=O)C1=C(Nc1cccc(-c2cccc(C(=O)O)c2)c1O)c1ccc(C)c(C)c1. The van der Waals surface area contributed by atoms with Crippen molar-refractivity contribution in [1.29, 1.82) is 0 Å². The molecule has 1 aliphatic heterocycles. The van der Waals surface area contributed by atoms with Crippen LogP contribution in [0.2, 0.25) is 0 Å². The van der Waals surface area contributed by atoms with Gasteiger partial charge in [0.2, 0.25) is 0 Å². The highest BCUT2D eigenvalue weighted by atomic mass is 16.4. The highest BCUT2D eigenvalue weighted by molar-refractivity contribution is 6.29. The van der Waals surface area contributed by atoms with Crippen molar-refractivity contribution in [2.24, 2.45) is 5.10 Å². The fourth-order valence-electron chi connectivity index (χ4n) is 3.71. The molecule has 0 aliphatic carbocycles. The Kier molecular flexibility index (Phi) is 5.70. The van der Waals surface area contributed by atoms with E-state index in [1.807, 2.05) is 32.0 Å². The average molecular weight is 441 g/mol. The smallest absolute Gasteiger partial charge is 0.335 e. The number of phenolic OH excluding ortho intramolecular Hbond substituents is 1. The van der Waals surface area contributed by atoms with Gasteiger partial charge in [0, 0.05) is 5.56 Å². The van der Waals surface area contributed by atoms with E-state index in [-0.39, 0.29) is 17.2 Å². The van der Waals surface area contributed by atoms with Crippen molar-refractivity contribution in [3.8, 4) is 16.9 Å². The lowest BCUT2D eigenvalue weighted by Crippen LogP contribution is -2.17. The van der Waals surface area contributed by atoms with Crippen LogP contribution in [0.25, 0.3) is 16.8 Å². The lowest BCUT2D eigenvalue weighted by atomic mass is 9.98. The van der Waals surface area contributed by atoms with E-state index in [9.17, 15) is 19.8 Å². The van der Waals surface area contributed by atoms with E-state index in [2.05, 4.69) is 15.8 Å². The molecule has 4 N–H and O–H groups in total. The van der Waals surface area contributed by atoms with E-state index >= 15 is 0 Å². The maximum atomic E-state index is 12.6. The number of nitrogens with zero attached hydrogens (tertiary/aromatic N) is 1. The van der Waals surface area contributed by atoms with Crippen molar-refractivity contribution in [2.75, 3.05) is 5.32 Å². The quantitative estimate of drug-likeness (QED) is 0.339. The fraction of sp³-hybridized carbons (Fsp3) is 0.115. The van der Waals surface area contributed by atoms with E-state index in [0.29, 0.717) is 33.8 Å². The zero-order chi connectivity index (χ0) is 23.7. The number of carboxylic acids is 1. The number of anilines is 1. The normalized spacial score (nSPS) is 14.5. The second kappa shape index (κ2) is 8.63. The largest absolute Gasteiger partial charge is 0.505 e. The van der Waals surface area contributed by atoms with Crippen LogP contribution < -0.4 is 10.7 Å². The lowest BCUT2D eigenvalue weighted by Gasteiger charge is -2.18. The van der Waals surface area contributed by atoms with Gasteiger partial charge in [-0.25, -0.2) is 10.2 Å². The molecule has 0 radical (unpaired) electrons. The monoisotopic (exact) mass is 441 g/mol. The Morgan fingerprint density at radius 3 is 2.36 bits per heavy atom. The summed E-state index contributed by atoms with van der Waals surface area (Å²) in [5, 5.41) is 27.7. The van der Waals surface area contributed by atoms with Crippen LogP contribution in [0, 0.1) is 13.8 Å². The summed E-state index contributed by atoms with van der Waals surface area (Å²) >= 11 is 0. The molecule has 0 saturated carbocycles. The van der Waals surface area contributed by atoms with Crippen LogP contribution in [0.15, 0.2) is 71.3 Å². The van der Waals surface area contributed by atoms with E-state index in [1.54, 1.807) is 37.3 Å². The topological polar surface area (TPSA) is 111 Å². The third-order valence-electron chi connectivity index (χ3n) is 5.68. The van der Waals surface area contributed by atoms with Crippen molar-refractivity contribution in [3.05, 3.63) is 88.5 Å². The summed E-state index contributed by atoms with van der Waals surface area (Å²) in [6.07, 6.45) is 0. The van der Waals surface area contributed by atoms with Crippen LogP contribution >= 0.6 is 0 Å². The first kappa shape index (κ1) is 21.8. The van der Waals surface area contributed by atoms with Gasteiger partial charge in [-0.15, -0.1) is 0 Å². The van der Waals surface area contributed by atoms with Gasteiger partial charge in [-0.3, -0.25) is 4.79 Å². The first-order chi connectivity index (χ1) is 15.8. The van der Waals surface area contributed by atoms with Crippen molar-refractivity contribution >= 4 is 29.0 Å². The summed E-state index contributed by atoms with van der Waals surface area (Å²) in [4.78, 5) is 23.9. The predicted octanol–water partition coefficient (Wildman–Crippen LogP) is 4.70. The number of rotatable bonds is 5. The van der Waals surface area contributed by atoms with Crippen LogP contribution in [-0.4, -0.2) is 27.8 Å². The average Bonchev–Trinajstić information content (AvgIpc) is 3.13. The molecule has 1 heterocycles. The molecule has 3 aromatic rings. The Labute approximate surface area is 191 Å². The Balaban J connectivity index is 1.84. The molecule has 166 valence electrons. The summed E-state index contributed by atoms with van der Waals surface area (Å²) in [7, 11) is 0. The first-order valence-corrected chi connectivity index (χ1v) is 10.4. The van der Waals surface area contributed by atoms with Gasteiger partial charge in [0.05, 0.1) is 28.2 Å². The van der Waals surface area contributed by atoms with Gasteiger partial charge in [0.25, 0.3) is 5.91 Å². The Hall–Kier alpha value is -4.39. The Morgan fingerprint density at radius 1 is 0.939 bits per heavy atom. The fourth-order valence-corrected chi connectivity index (χ4v) is 3.71. The predicted molar refractivity (Wildman–Crippen MR) is 128 cm³/mol. The van der Waals surface area contributed by atoms with Gasteiger partial charge in [0.15, 0.2) is 0 Å². The number of carboxylic acid groups (broad SMARTS) is 1. The summed E-state index contributed by atoms with van der Waals surface area (Å²) in [5.41, 5.74) is 8.40. The molecule has 7 heteroatoms. The van der Waals surface area contributed by atoms with Crippen molar-refractivity contribution in [3.63, 3.8) is 0 Å². The standard InChI is InChI=1S/C26H23N3O4/c1-14-10-11-18(12-15(14)2)23(22-16(3)28-29-25(22)31)27-21-9-5-8-20(24(21)30)17-6-4-7-19(13-17)26(32)33/h4-13,27,30H,1-3H3,(H,29,31)(H,32,33). The van der Waals surface area contributed by atoms with Crippen LogP contribution in [0.5, 0.6) is 5.75 Å². The van der Waals surface area contributed by atoms with Crippen LogP contribution in [0.1, 0.15) is 34.0 Å². The number of carbonyl (C=O) groups is 2. The molecule has 0 spiro atoms. The number of nitrogens with one attached hydrogen (secondary N) is 2. The van der Waals surface area contributed by atoms with Gasteiger partial charge in [0.1, 0.15) is 5.75 Å². The zero-order valence-electron chi connectivity index (χ0n) is 18.4. The van der Waals surface area contributed by atoms with Crippen molar-refractivity contribution in [1.82, 2.24) is 5.43 Å². The number of carbonyl (C=O) groups excluding carboxylic acids is 1. The second-order valence-electron chi connectivity index (χ2n) is 7.90. The van der Waals surface area contributed by atoms with E-state index in [0.717, 1.165) is 16.7 Å². The van der Waals surface area contributed by atoms with Crippen LogP contribution in [0.4, 0.5) is 5.69 Å². The molecule has 33 heavy (non-hydrogen) atoms. The number of aromatic hydroxyl groups is 1. The minimum atomic E-state index is -1.05. The molecule has 3 aromatic carbocycles. The zero-order valence-corrected chi connectivity index (χ0v) is 18.4. The third-order valence-corrected chi connectivity index (χ3v) is 5.68. The molecule has 0 bridgehead atoms. The number of hydrazone groups is 1. The van der Waals surface area contributed by atoms with Gasteiger partial charge >= 0.3 is 5.97 Å². The first-order valence-electron chi connectivity index (χ1n) is 10.4. The van der Waals surface area contributed by atoms with Crippen LogP contribution in [0.3, 0.4) is 0 Å². The number of amides is 1. The molecule has 0 aromatic heterocycles. The van der Waals surface area contributed by atoms with E-state index in [1.165, 1.54) is 12.1 Å². The third kappa shape index (κ3) is 4.21. The number of aryl methyl sites for hydroxylation is 2. The molecular weight excluding hydrogens is 418 g/mol. The van der Waals surface area contributed by atoms with Gasteiger partial charge in [-0.05, 0) is 67.3 Å². The number of benzene rings is 3. The number of aromatic carboxylic acids is 1. The molecule has 0 fully saturated rings. The molecule has 1 aliphatic rings. The summed E-state index contributed by atoms with van der Waals surface area (Å²) in [6, 6.07) is 17.4. The van der Waals surface area contributed by atoms with Crippen LogP contribution in [-0.2, 0) is 4.79 Å². The highest BCUT2D eigenvalue weighted by Crippen LogP contribution is 2.38.